The maximum absolute atomic E-state index is 13.4. The van der Waals surface area contributed by atoms with E-state index in [9.17, 15) is 8.78 Å². The van der Waals surface area contributed by atoms with Gasteiger partial charge in [0.1, 0.15) is 6.61 Å². The Bertz CT molecular complexity index is 461. The molecule has 0 unspecified atom stereocenters. The summed E-state index contributed by atoms with van der Waals surface area (Å²) in [4.78, 5) is 0. The van der Waals surface area contributed by atoms with Gasteiger partial charge >= 0.3 is 0 Å². The van der Waals surface area contributed by atoms with E-state index in [0.717, 1.165) is 11.6 Å². The average Bonchev–Trinajstić information content (AvgIpc) is 3.13. The molecule has 0 radical (unpaired) electrons. The van der Waals surface area contributed by atoms with Gasteiger partial charge in [0.05, 0.1) is 0 Å². The van der Waals surface area contributed by atoms with Crippen LogP contribution in [0.4, 0.5) is 8.78 Å². The molecule has 0 spiro atoms. The van der Waals surface area contributed by atoms with Crippen LogP contribution in [0.15, 0.2) is 28.8 Å². The summed E-state index contributed by atoms with van der Waals surface area (Å²) >= 11 is 3.09. The second-order valence-electron chi connectivity index (χ2n) is 4.39. The van der Waals surface area contributed by atoms with Gasteiger partial charge in [0.2, 0.25) is 5.82 Å². The van der Waals surface area contributed by atoms with Gasteiger partial charge < -0.3 is 10.1 Å². The SMILES string of the molecule is C=C(CNC1CC1)COc1cc(Br)cc(F)c1F. The Morgan fingerprint density at radius 1 is 1.44 bits per heavy atom. The van der Waals surface area contributed by atoms with E-state index in [2.05, 4.69) is 27.8 Å². The first-order valence-corrected chi connectivity index (χ1v) is 6.53. The van der Waals surface area contributed by atoms with Crippen LogP contribution in [0.25, 0.3) is 0 Å². The molecule has 18 heavy (non-hydrogen) atoms. The van der Waals surface area contributed by atoms with Gasteiger partial charge in [-0.1, -0.05) is 22.5 Å². The van der Waals surface area contributed by atoms with Crippen LogP contribution in [0.3, 0.4) is 0 Å². The number of hydrogen-bond donors (Lipinski definition) is 1. The standard InChI is InChI=1S/C13H14BrF2NO/c1-8(6-17-10-2-3-10)7-18-12-5-9(14)4-11(15)13(12)16/h4-5,10,17H,1-3,6-7H2. The number of nitrogens with one attached hydrogen (secondary N) is 1. The molecule has 0 atom stereocenters. The van der Waals surface area contributed by atoms with E-state index in [1.807, 2.05) is 0 Å². The highest BCUT2D eigenvalue weighted by Gasteiger charge is 2.20. The van der Waals surface area contributed by atoms with Crippen molar-refractivity contribution in [3.8, 4) is 5.75 Å². The Labute approximate surface area is 113 Å². The number of ether oxygens (including phenoxy) is 1. The normalized spacial score (nSPS) is 14.6. The van der Waals surface area contributed by atoms with Crippen LogP contribution in [0.1, 0.15) is 12.8 Å². The molecule has 2 rings (SSSR count). The van der Waals surface area contributed by atoms with Crippen molar-refractivity contribution in [1.29, 1.82) is 0 Å². The molecular formula is C13H14BrF2NO. The van der Waals surface area contributed by atoms with Gasteiger partial charge in [0, 0.05) is 17.1 Å². The highest BCUT2D eigenvalue weighted by molar-refractivity contribution is 9.10. The van der Waals surface area contributed by atoms with Crippen molar-refractivity contribution in [2.45, 2.75) is 18.9 Å². The first kappa shape index (κ1) is 13.5. The molecule has 0 aromatic heterocycles. The molecule has 98 valence electrons. The maximum atomic E-state index is 13.4. The smallest absolute Gasteiger partial charge is 0.200 e. The molecule has 0 bridgehead atoms. The first-order chi connectivity index (χ1) is 8.56. The Hall–Kier alpha value is -0.940. The van der Waals surface area contributed by atoms with Gasteiger partial charge in [-0.3, -0.25) is 0 Å². The third-order valence-corrected chi connectivity index (χ3v) is 3.07. The van der Waals surface area contributed by atoms with Crippen LogP contribution in [0.2, 0.25) is 0 Å². The van der Waals surface area contributed by atoms with E-state index in [1.54, 1.807) is 0 Å². The van der Waals surface area contributed by atoms with E-state index in [-0.39, 0.29) is 12.4 Å². The summed E-state index contributed by atoms with van der Waals surface area (Å²) in [6.07, 6.45) is 2.39. The number of benzene rings is 1. The van der Waals surface area contributed by atoms with E-state index in [4.69, 9.17) is 4.74 Å². The Morgan fingerprint density at radius 3 is 2.83 bits per heavy atom. The van der Waals surface area contributed by atoms with Crippen molar-refractivity contribution in [1.82, 2.24) is 5.32 Å². The highest BCUT2D eigenvalue weighted by Crippen LogP contribution is 2.25. The lowest BCUT2D eigenvalue weighted by Crippen LogP contribution is -2.21. The van der Waals surface area contributed by atoms with Crippen molar-refractivity contribution < 1.29 is 13.5 Å². The van der Waals surface area contributed by atoms with E-state index < -0.39 is 11.6 Å². The second-order valence-corrected chi connectivity index (χ2v) is 5.31. The molecular weight excluding hydrogens is 304 g/mol. The van der Waals surface area contributed by atoms with E-state index in [0.29, 0.717) is 17.1 Å². The summed E-state index contributed by atoms with van der Waals surface area (Å²) in [7, 11) is 0. The Kier molecular flexibility index (Phi) is 4.35. The minimum absolute atomic E-state index is 0.102. The zero-order valence-electron chi connectivity index (χ0n) is 9.81. The second kappa shape index (κ2) is 5.80. The predicted octanol–water partition coefficient (Wildman–Crippen LogP) is 3.41. The largest absolute Gasteiger partial charge is 0.486 e. The molecule has 0 aliphatic heterocycles. The van der Waals surface area contributed by atoms with Crippen molar-refractivity contribution >= 4 is 15.9 Å². The monoisotopic (exact) mass is 317 g/mol. The lowest BCUT2D eigenvalue weighted by molar-refractivity contribution is 0.321. The lowest BCUT2D eigenvalue weighted by Gasteiger charge is -2.10. The average molecular weight is 318 g/mol. The predicted molar refractivity (Wildman–Crippen MR) is 69.7 cm³/mol. The van der Waals surface area contributed by atoms with E-state index >= 15 is 0 Å². The van der Waals surface area contributed by atoms with Crippen LogP contribution in [-0.2, 0) is 0 Å². The molecule has 5 heteroatoms. The third-order valence-electron chi connectivity index (χ3n) is 2.61. The number of halogens is 3. The van der Waals surface area contributed by atoms with Crippen LogP contribution >= 0.6 is 15.9 Å². The molecule has 1 saturated carbocycles. The quantitative estimate of drug-likeness (QED) is 0.641. The van der Waals surface area contributed by atoms with Gasteiger partial charge in [-0.05, 0) is 30.5 Å². The van der Waals surface area contributed by atoms with Crippen LogP contribution in [0, 0.1) is 11.6 Å². The third kappa shape index (κ3) is 3.78. The maximum Gasteiger partial charge on any atom is 0.200 e. The highest BCUT2D eigenvalue weighted by atomic mass is 79.9. The molecule has 0 heterocycles. The van der Waals surface area contributed by atoms with Gasteiger partial charge in [0.25, 0.3) is 0 Å². The topological polar surface area (TPSA) is 21.3 Å². The van der Waals surface area contributed by atoms with Gasteiger partial charge in [0.15, 0.2) is 11.6 Å². The summed E-state index contributed by atoms with van der Waals surface area (Å²) in [6.45, 7) is 4.64. The molecule has 1 aromatic carbocycles. The van der Waals surface area contributed by atoms with Crippen LogP contribution < -0.4 is 10.1 Å². The van der Waals surface area contributed by atoms with E-state index in [1.165, 1.54) is 18.9 Å². The Morgan fingerprint density at radius 2 is 2.17 bits per heavy atom. The van der Waals surface area contributed by atoms with Gasteiger partial charge in [-0.2, -0.15) is 4.39 Å². The van der Waals surface area contributed by atoms with Gasteiger partial charge in [-0.15, -0.1) is 0 Å². The minimum Gasteiger partial charge on any atom is -0.486 e. The molecule has 1 aliphatic carbocycles. The molecule has 0 saturated heterocycles. The molecule has 1 aromatic rings. The minimum atomic E-state index is -0.971. The Balaban J connectivity index is 1.86. The molecule has 2 nitrogen and oxygen atoms in total. The summed E-state index contributed by atoms with van der Waals surface area (Å²) in [5.74, 6) is -2.00. The molecule has 0 amide bonds. The molecule has 1 fully saturated rings. The summed E-state index contributed by atoms with van der Waals surface area (Å²) < 4.78 is 32.2. The van der Waals surface area contributed by atoms with Crippen molar-refractivity contribution in [2.75, 3.05) is 13.2 Å². The van der Waals surface area contributed by atoms with Crippen molar-refractivity contribution in [3.05, 3.63) is 40.4 Å². The zero-order valence-corrected chi connectivity index (χ0v) is 11.4. The zero-order chi connectivity index (χ0) is 13.1. The van der Waals surface area contributed by atoms with Crippen LogP contribution in [-0.4, -0.2) is 19.2 Å². The fraction of sp³-hybridized carbons (Fsp3) is 0.385. The van der Waals surface area contributed by atoms with Crippen LogP contribution in [0.5, 0.6) is 5.75 Å². The van der Waals surface area contributed by atoms with Gasteiger partial charge in [-0.25, -0.2) is 4.39 Å². The summed E-state index contributed by atoms with van der Waals surface area (Å²) in [6, 6.07) is 3.05. The number of hydrogen-bond acceptors (Lipinski definition) is 2. The summed E-state index contributed by atoms with van der Waals surface area (Å²) in [5.41, 5.74) is 0.807. The lowest BCUT2D eigenvalue weighted by atomic mass is 10.3. The first-order valence-electron chi connectivity index (χ1n) is 5.73. The number of rotatable bonds is 6. The summed E-state index contributed by atoms with van der Waals surface area (Å²) in [5, 5.41) is 3.27. The van der Waals surface area contributed by atoms with Crippen molar-refractivity contribution in [2.24, 2.45) is 0 Å². The molecule has 1 N–H and O–H groups in total. The fourth-order valence-electron chi connectivity index (χ4n) is 1.44. The fourth-order valence-corrected chi connectivity index (χ4v) is 1.85. The molecule has 1 aliphatic rings. The van der Waals surface area contributed by atoms with Crippen molar-refractivity contribution in [3.63, 3.8) is 0 Å².